The summed E-state index contributed by atoms with van der Waals surface area (Å²) in [6, 6.07) is 0. The van der Waals surface area contributed by atoms with E-state index in [4.69, 9.17) is 35.3 Å². The number of aliphatic hydroxyl groups excluding tert-OH is 5. The molecule has 0 aromatic rings. The van der Waals surface area contributed by atoms with Crippen LogP contribution in [0.2, 0.25) is 0 Å². The third-order valence-corrected chi connectivity index (χ3v) is 2.19. The maximum atomic E-state index is 10.7. The van der Waals surface area contributed by atoms with Crippen LogP contribution in [-0.2, 0) is 13.9 Å². The molecule has 0 aliphatic heterocycles. The number of Topliss-reactive ketones (excluding diaryl/α,β-unsaturated/α-hetero) is 1. The lowest BCUT2D eigenvalue weighted by molar-refractivity contribution is -0.175. The molecule has 0 aromatic heterocycles. The highest BCUT2D eigenvalue weighted by molar-refractivity contribution is 7.46. The summed E-state index contributed by atoms with van der Waals surface area (Å²) >= 11 is 0. The summed E-state index contributed by atoms with van der Waals surface area (Å²) < 4.78 is 13.9. The van der Waals surface area contributed by atoms with E-state index in [-0.39, 0.29) is 0 Å². The number of carbonyl (C=O) groups is 1. The smallest absolute Gasteiger partial charge is 0.388 e. The second-order valence-electron chi connectivity index (χ2n) is 3.04. The number of phosphoric acid groups is 1. The van der Waals surface area contributed by atoms with Crippen LogP contribution in [0, 0.1) is 0 Å². The van der Waals surface area contributed by atoms with Gasteiger partial charge in [-0.3, -0.25) is 9.32 Å². The molecule has 0 saturated carbocycles. The summed E-state index contributed by atoms with van der Waals surface area (Å²) in [5.74, 6) is -1.25. The average Bonchev–Trinajstić information content (AvgIpc) is 2.22. The first-order valence-corrected chi connectivity index (χ1v) is 5.73. The van der Waals surface area contributed by atoms with Crippen molar-refractivity contribution in [1.29, 1.82) is 0 Å². The molecule has 10 nitrogen and oxygen atoms in total. The van der Waals surface area contributed by atoms with Crippen molar-refractivity contribution in [2.24, 2.45) is 0 Å². The molecule has 0 aliphatic rings. The quantitative estimate of drug-likeness (QED) is 0.179. The van der Waals surface area contributed by atoms with Crippen LogP contribution in [0.25, 0.3) is 0 Å². The molecule has 0 spiro atoms. The first-order valence-electron chi connectivity index (χ1n) is 4.20. The van der Waals surface area contributed by atoms with Crippen molar-refractivity contribution in [3.8, 4) is 0 Å². The third kappa shape index (κ3) is 5.64. The molecule has 7 N–H and O–H groups in total. The van der Waals surface area contributed by atoms with Gasteiger partial charge in [0.05, 0.1) is 0 Å². The second kappa shape index (κ2) is 6.50. The topological polar surface area (TPSA) is 185 Å². The number of hydrogen-bond acceptors (Lipinski definition) is 8. The fourth-order valence-corrected chi connectivity index (χ4v) is 1.25. The van der Waals surface area contributed by atoms with Gasteiger partial charge in [0.25, 0.3) is 0 Å². The van der Waals surface area contributed by atoms with E-state index in [2.05, 4.69) is 4.52 Å². The minimum absolute atomic E-state index is 1.12. The zero-order valence-electron chi connectivity index (χ0n) is 8.32. The molecule has 0 bridgehead atoms. The van der Waals surface area contributed by atoms with Gasteiger partial charge < -0.3 is 35.3 Å². The van der Waals surface area contributed by atoms with Crippen LogP contribution in [0.15, 0.2) is 0 Å². The molecule has 11 heteroatoms. The van der Waals surface area contributed by atoms with Gasteiger partial charge in [-0.2, -0.15) is 0 Å². The third-order valence-electron chi connectivity index (χ3n) is 1.70. The first-order chi connectivity index (χ1) is 7.60. The van der Waals surface area contributed by atoms with Gasteiger partial charge >= 0.3 is 7.82 Å². The maximum Gasteiger partial charge on any atom is 0.472 e. The van der Waals surface area contributed by atoms with Crippen LogP contribution in [-0.4, -0.2) is 72.3 Å². The fourth-order valence-electron chi connectivity index (χ4n) is 0.842. The van der Waals surface area contributed by atoms with E-state index >= 15 is 0 Å². The lowest BCUT2D eigenvalue weighted by Gasteiger charge is -2.25. The highest BCUT2D eigenvalue weighted by Gasteiger charge is 2.37. The van der Waals surface area contributed by atoms with Crippen molar-refractivity contribution in [3.05, 3.63) is 0 Å². The molecular formula is C6H13O10P. The van der Waals surface area contributed by atoms with Crippen LogP contribution in [0.1, 0.15) is 0 Å². The minimum Gasteiger partial charge on any atom is -0.388 e. The van der Waals surface area contributed by atoms with Crippen molar-refractivity contribution in [3.63, 3.8) is 0 Å². The Balaban J connectivity index is 4.53. The summed E-state index contributed by atoms with van der Waals surface area (Å²) in [6.45, 7) is -1.12. The van der Waals surface area contributed by atoms with E-state index in [9.17, 15) is 9.36 Å². The van der Waals surface area contributed by atoms with E-state index in [0.717, 1.165) is 0 Å². The predicted molar refractivity (Wildman–Crippen MR) is 49.2 cm³/mol. The van der Waals surface area contributed by atoms with Crippen LogP contribution in [0.5, 0.6) is 0 Å². The molecule has 1 unspecified atom stereocenters. The molecule has 4 atom stereocenters. The van der Waals surface area contributed by atoms with Gasteiger partial charge in [0.2, 0.25) is 0 Å². The van der Waals surface area contributed by atoms with Crippen LogP contribution >= 0.6 is 7.82 Å². The van der Waals surface area contributed by atoms with E-state index in [0.29, 0.717) is 0 Å². The van der Waals surface area contributed by atoms with Gasteiger partial charge in [-0.05, 0) is 0 Å². The Morgan fingerprint density at radius 3 is 1.94 bits per heavy atom. The predicted octanol–water partition coefficient (Wildman–Crippen LogP) is -3.94. The lowest BCUT2D eigenvalue weighted by atomic mass is 10.0. The van der Waals surface area contributed by atoms with Gasteiger partial charge in [0.15, 0.2) is 12.1 Å². The molecule has 0 saturated heterocycles. The number of rotatable bonds is 7. The van der Waals surface area contributed by atoms with Crippen LogP contribution in [0.3, 0.4) is 0 Å². The number of ketones is 1. The Morgan fingerprint density at radius 1 is 1.12 bits per heavy atom. The molecule has 102 valence electrons. The van der Waals surface area contributed by atoms with Gasteiger partial charge in [-0.25, -0.2) is 4.57 Å². The Kier molecular flexibility index (Phi) is 6.34. The Bertz CT molecular complexity index is 299. The molecule has 17 heavy (non-hydrogen) atoms. The zero-order valence-corrected chi connectivity index (χ0v) is 9.21. The molecule has 0 rings (SSSR count). The highest BCUT2D eigenvalue weighted by Crippen LogP contribution is 2.37. The molecule has 0 amide bonds. The Labute approximate surface area is 94.9 Å². The van der Waals surface area contributed by atoms with Crippen LogP contribution in [0.4, 0.5) is 0 Å². The fraction of sp³-hybridized carbons (Fsp3) is 0.833. The largest absolute Gasteiger partial charge is 0.472 e. The van der Waals surface area contributed by atoms with E-state index in [1.54, 1.807) is 0 Å². The Morgan fingerprint density at radius 2 is 1.59 bits per heavy atom. The van der Waals surface area contributed by atoms with E-state index in [1.165, 1.54) is 0 Å². The van der Waals surface area contributed by atoms with Crippen molar-refractivity contribution < 1.29 is 49.2 Å². The van der Waals surface area contributed by atoms with Crippen molar-refractivity contribution in [2.45, 2.75) is 24.6 Å². The minimum atomic E-state index is -5.11. The number of carbonyl (C=O) groups excluding carboxylic acids is 1. The molecule has 0 radical (unpaired) electrons. The zero-order chi connectivity index (χ0) is 13.8. The average molecular weight is 276 g/mol. The van der Waals surface area contributed by atoms with Gasteiger partial charge in [0, 0.05) is 0 Å². The molecule has 0 fully saturated rings. The molecule has 0 heterocycles. The van der Waals surface area contributed by atoms with Gasteiger partial charge in [0.1, 0.15) is 24.9 Å². The van der Waals surface area contributed by atoms with E-state index in [1.807, 2.05) is 0 Å². The maximum absolute atomic E-state index is 10.7. The second-order valence-corrected chi connectivity index (χ2v) is 4.23. The SMILES string of the molecule is O=C(CO)[C@@H](O)[C@@H](O)[C@@H](O)C(O)OP(=O)(O)O. The van der Waals surface area contributed by atoms with E-state index < -0.39 is 44.8 Å². The van der Waals surface area contributed by atoms with Crippen LogP contribution < -0.4 is 0 Å². The summed E-state index contributed by atoms with van der Waals surface area (Å²) in [5, 5.41) is 44.5. The van der Waals surface area contributed by atoms with Crippen molar-refractivity contribution >= 4 is 13.6 Å². The van der Waals surface area contributed by atoms with Gasteiger partial charge in [-0.1, -0.05) is 0 Å². The summed E-state index contributed by atoms with van der Waals surface area (Å²) in [6.07, 6.45) is -9.39. The first kappa shape index (κ1) is 16.6. The summed E-state index contributed by atoms with van der Waals surface area (Å²) in [5.41, 5.74) is 0. The molecule has 0 aliphatic carbocycles. The highest BCUT2D eigenvalue weighted by atomic mass is 31.2. The summed E-state index contributed by atoms with van der Waals surface area (Å²) in [7, 11) is -5.11. The standard InChI is InChI=1S/C6H13O10P/c7-1-2(8)3(9)4(10)5(11)6(12)16-17(13,14)15/h3-7,9-12H,1H2,(H2,13,14,15)/t3-,4-,5-,6?/m1/s1. The monoisotopic (exact) mass is 276 g/mol. The molecular weight excluding hydrogens is 263 g/mol. The van der Waals surface area contributed by atoms with Crippen molar-refractivity contribution in [1.82, 2.24) is 0 Å². The number of phosphoric ester groups is 1. The summed E-state index contributed by atoms with van der Waals surface area (Å²) in [4.78, 5) is 27.3. The number of aliphatic hydroxyl groups is 5. The normalized spacial score (nSPS) is 19.5. The van der Waals surface area contributed by atoms with Gasteiger partial charge in [-0.15, -0.1) is 0 Å². The Hall–Kier alpha value is -0.420. The lowest BCUT2D eigenvalue weighted by Crippen LogP contribution is -2.48. The molecule has 0 aromatic carbocycles. The van der Waals surface area contributed by atoms with Crippen molar-refractivity contribution in [2.75, 3.05) is 6.61 Å². The number of hydrogen-bond donors (Lipinski definition) is 7.